The molecule has 0 aromatic carbocycles. The number of halogens is 1. The summed E-state index contributed by atoms with van der Waals surface area (Å²) in [5, 5.41) is 2.12. The second-order valence-electron chi connectivity index (χ2n) is 3.92. The van der Waals surface area contributed by atoms with Crippen LogP contribution in [0.5, 0.6) is 0 Å². The van der Waals surface area contributed by atoms with Gasteiger partial charge in [-0.15, -0.1) is 11.3 Å². The molecule has 1 unspecified atom stereocenters. The second-order valence-corrected chi connectivity index (χ2v) is 5.78. The molecule has 0 spiro atoms. The highest BCUT2D eigenvalue weighted by molar-refractivity contribution is 9.10. The summed E-state index contributed by atoms with van der Waals surface area (Å²) in [6.07, 6.45) is 1.10. The van der Waals surface area contributed by atoms with E-state index in [4.69, 9.17) is 10.5 Å². The van der Waals surface area contributed by atoms with Gasteiger partial charge in [-0.1, -0.05) is 0 Å². The van der Waals surface area contributed by atoms with Crippen LogP contribution in [0.2, 0.25) is 0 Å². The highest BCUT2D eigenvalue weighted by atomic mass is 79.9. The van der Waals surface area contributed by atoms with Gasteiger partial charge in [0.25, 0.3) is 0 Å². The number of ether oxygens (including phenoxy) is 1. The molecule has 0 aliphatic carbocycles. The van der Waals surface area contributed by atoms with Crippen LogP contribution in [0.25, 0.3) is 0 Å². The number of thiophene rings is 1. The average molecular weight is 305 g/mol. The summed E-state index contributed by atoms with van der Waals surface area (Å²) < 4.78 is 6.62. The lowest BCUT2D eigenvalue weighted by Gasteiger charge is -2.28. The van der Waals surface area contributed by atoms with Gasteiger partial charge in [-0.25, -0.2) is 0 Å². The minimum absolute atomic E-state index is 0.345. The molecule has 2 rings (SSSR count). The minimum Gasteiger partial charge on any atom is -0.380 e. The van der Waals surface area contributed by atoms with Gasteiger partial charge in [-0.2, -0.15) is 0 Å². The maximum absolute atomic E-state index is 5.90. The average Bonchev–Trinajstić information content (AvgIpc) is 2.55. The van der Waals surface area contributed by atoms with Gasteiger partial charge < -0.3 is 10.5 Å². The fraction of sp³-hybridized carbons (Fsp3) is 0.636. The molecule has 2 N–H and O–H groups in total. The summed E-state index contributed by atoms with van der Waals surface area (Å²) in [4.78, 5) is 3.78. The first-order valence-electron chi connectivity index (χ1n) is 5.57. The van der Waals surface area contributed by atoms with Crippen molar-refractivity contribution < 1.29 is 4.74 Å². The summed E-state index contributed by atoms with van der Waals surface area (Å²) in [5.74, 6) is 0. The van der Waals surface area contributed by atoms with E-state index in [-0.39, 0.29) is 0 Å². The van der Waals surface area contributed by atoms with Crippen LogP contribution in [0.1, 0.15) is 17.3 Å². The molecule has 0 bridgehead atoms. The van der Waals surface area contributed by atoms with Gasteiger partial charge in [-0.05, 0) is 28.4 Å². The number of hydrogen-bond donors (Lipinski definition) is 1. The Morgan fingerprint density at radius 2 is 2.38 bits per heavy atom. The van der Waals surface area contributed by atoms with E-state index >= 15 is 0 Å². The normalized spacial score (nSPS) is 20.6. The van der Waals surface area contributed by atoms with Gasteiger partial charge in [0.1, 0.15) is 0 Å². The van der Waals surface area contributed by atoms with Crippen LogP contribution in [0, 0.1) is 0 Å². The van der Waals surface area contributed by atoms with Crippen molar-refractivity contribution in [3.8, 4) is 0 Å². The number of hydrogen-bond acceptors (Lipinski definition) is 4. The van der Waals surface area contributed by atoms with Crippen molar-refractivity contribution >= 4 is 27.3 Å². The molecule has 1 aromatic rings. The molecule has 1 aromatic heterocycles. The Balaban J connectivity index is 2.08. The van der Waals surface area contributed by atoms with Crippen molar-refractivity contribution in [2.45, 2.75) is 12.5 Å². The standard InChI is InChI=1S/C11H17BrN2OS/c12-9-6-11(16-8-9)10(7-13)14-2-1-4-15-5-3-14/h6,8,10H,1-5,7,13H2. The Bertz CT molecular complexity index is 324. The van der Waals surface area contributed by atoms with Gasteiger partial charge in [0, 0.05) is 41.0 Å². The van der Waals surface area contributed by atoms with Crippen molar-refractivity contribution in [1.82, 2.24) is 4.90 Å². The Hall–Kier alpha value is 0.0600. The minimum atomic E-state index is 0.345. The van der Waals surface area contributed by atoms with Crippen LogP contribution in [0.3, 0.4) is 0 Å². The molecule has 2 heterocycles. The van der Waals surface area contributed by atoms with Crippen molar-refractivity contribution in [1.29, 1.82) is 0 Å². The molecule has 1 aliphatic rings. The molecule has 0 radical (unpaired) electrons. The van der Waals surface area contributed by atoms with Crippen LogP contribution in [0.4, 0.5) is 0 Å². The lowest BCUT2D eigenvalue weighted by atomic mass is 10.2. The largest absolute Gasteiger partial charge is 0.380 e. The molecule has 16 heavy (non-hydrogen) atoms. The van der Waals surface area contributed by atoms with E-state index in [1.807, 2.05) is 0 Å². The van der Waals surface area contributed by atoms with E-state index in [1.54, 1.807) is 11.3 Å². The Morgan fingerprint density at radius 1 is 1.50 bits per heavy atom. The van der Waals surface area contributed by atoms with E-state index in [0.29, 0.717) is 12.6 Å². The third kappa shape index (κ3) is 3.05. The van der Waals surface area contributed by atoms with E-state index in [0.717, 1.165) is 37.2 Å². The van der Waals surface area contributed by atoms with Crippen molar-refractivity contribution in [2.75, 3.05) is 32.8 Å². The van der Waals surface area contributed by atoms with Crippen LogP contribution >= 0.6 is 27.3 Å². The Kier molecular flexibility index (Phi) is 4.79. The van der Waals surface area contributed by atoms with Crippen molar-refractivity contribution in [3.63, 3.8) is 0 Å². The molecule has 1 atom stereocenters. The first kappa shape index (κ1) is 12.5. The quantitative estimate of drug-likeness (QED) is 0.931. The van der Waals surface area contributed by atoms with Crippen LogP contribution in [-0.4, -0.2) is 37.7 Å². The first-order valence-corrected chi connectivity index (χ1v) is 7.24. The zero-order chi connectivity index (χ0) is 11.4. The van der Waals surface area contributed by atoms with Crippen LogP contribution < -0.4 is 5.73 Å². The molecule has 5 heteroatoms. The molecule has 1 saturated heterocycles. The maximum atomic E-state index is 5.90. The monoisotopic (exact) mass is 304 g/mol. The summed E-state index contributed by atoms with van der Waals surface area (Å²) in [6.45, 7) is 4.44. The summed E-state index contributed by atoms with van der Waals surface area (Å²) in [5.41, 5.74) is 5.90. The van der Waals surface area contributed by atoms with Crippen molar-refractivity contribution in [2.24, 2.45) is 5.73 Å². The van der Waals surface area contributed by atoms with Gasteiger partial charge in [0.2, 0.25) is 0 Å². The first-order chi connectivity index (χ1) is 7.81. The highest BCUT2D eigenvalue weighted by Gasteiger charge is 2.21. The fourth-order valence-electron chi connectivity index (χ4n) is 2.03. The fourth-order valence-corrected chi connectivity index (χ4v) is 3.62. The number of nitrogens with two attached hydrogens (primary N) is 1. The second kappa shape index (κ2) is 6.12. The van der Waals surface area contributed by atoms with Gasteiger partial charge >= 0.3 is 0 Å². The van der Waals surface area contributed by atoms with E-state index in [2.05, 4.69) is 32.3 Å². The van der Waals surface area contributed by atoms with Crippen molar-refractivity contribution in [3.05, 3.63) is 20.8 Å². The zero-order valence-electron chi connectivity index (χ0n) is 9.19. The SMILES string of the molecule is NCC(c1cc(Br)cs1)N1CCCOCC1. The van der Waals surface area contributed by atoms with E-state index in [1.165, 1.54) is 4.88 Å². The van der Waals surface area contributed by atoms with Gasteiger partial charge in [0.15, 0.2) is 0 Å². The molecule has 1 fully saturated rings. The van der Waals surface area contributed by atoms with Crippen LogP contribution in [-0.2, 0) is 4.74 Å². The molecule has 0 amide bonds. The molecule has 3 nitrogen and oxygen atoms in total. The lowest BCUT2D eigenvalue weighted by Crippen LogP contribution is -2.35. The van der Waals surface area contributed by atoms with Crippen LogP contribution in [0.15, 0.2) is 15.9 Å². The molecule has 0 saturated carbocycles. The predicted octanol–water partition coefficient (Wildman–Crippen LogP) is 2.23. The summed E-state index contributed by atoms with van der Waals surface area (Å²) in [6, 6.07) is 2.52. The topological polar surface area (TPSA) is 38.5 Å². The Labute approximate surface area is 109 Å². The molecule has 90 valence electrons. The smallest absolute Gasteiger partial charge is 0.0593 e. The molecular formula is C11H17BrN2OS. The van der Waals surface area contributed by atoms with Gasteiger partial charge in [-0.3, -0.25) is 4.90 Å². The summed E-state index contributed by atoms with van der Waals surface area (Å²) in [7, 11) is 0. The predicted molar refractivity (Wildman–Crippen MR) is 70.8 cm³/mol. The molecular weight excluding hydrogens is 288 g/mol. The molecule has 1 aliphatic heterocycles. The summed E-state index contributed by atoms with van der Waals surface area (Å²) >= 11 is 5.27. The number of nitrogens with zero attached hydrogens (tertiary/aromatic N) is 1. The number of rotatable bonds is 3. The highest BCUT2D eigenvalue weighted by Crippen LogP contribution is 2.29. The van der Waals surface area contributed by atoms with E-state index < -0.39 is 0 Å². The lowest BCUT2D eigenvalue weighted by molar-refractivity contribution is 0.133. The zero-order valence-corrected chi connectivity index (χ0v) is 11.6. The third-order valence-electron chi connectivity index (χ3n) is 2.84. The Morgan fingerprint density at radius 3 is 3.06 bits per heavy atom. The maximum Gasteiger partial charge on any atom is 0.0593 e. The third-order valence-corrected chi connectivity index (χ3v) is 4.63. The van der Waals surface area contributed by atoms with E-state index in [9.17, 15) is 0 Å². The van der Waals surface area contributed by atoms with Gasteiger partial charge in [0.05, 0.1) is 12.6 Å².